The van der Waals surface area contributed by atoms with Crippen LogP contribution in [0.4, 0.5) is 0 Å². The van der Waals surface area contributed by atoms with E-state index < -0.39 is 12.1 Å². The van der Waals surface area contributed by atoms with E-state index in [4.69, 9.17) is 4.74 Å². The van der Waals surface area contributed by atoms with Gasteiger partial charge in [-0.25, -0.2) is 4.79 Å². The van der Waals surface area contributed by atoms with Crippen molar-refractivity contribution in [1.29, 1.82) is 0 Å². The molecule has 13 heavy (non-hydrogen) atoms. The molecule has 1 aliphatic heterocycles. The minimum Gasteiger partial charge on any atom is -0.467 e. The molecule has 0 radical (unpaired) electrons. The third kappa shape index (κ3) is 3.32. The van der Waals surface area contributed by atoms with Gasteiger partial charge in [-0.05, 0) is 19.3 Å². The number of ether oxygens (including phenoxy) is 2. The van der Waals surface area contributed by atoms with Gasteiger partial charge in [0, 0.05) is 13.0 Å². The van der Waals surface area contributed by atoms with E-state index >= 15 is 0 Å². The smallest absolute Gasteiger partial charge is 0.334 e. The average Bonchev–Trinajstić information content (AvgIpc) is 2.18. The first-order chi connectivity index (χ1) is 6.24. The molecule has 0 bridgehead atoms. The molecular formula is C9H16O4. The van der Waals surface area contributed by atoms with E-state index in [2.05, 4.69) is 4.74 Å². The lowest BCUT2D eigenvalue weighted by Gasteiger charge is -2.23. The maximum absolute atomic E-state index is 10.9. The number of aliphatic hydroxyl groups is 1. The molecule has 1 heterocycles. The highest BCUT2D eigenvalue weighted by Gasteiger charge is 2.23. The monoisotopic (exact) mass is 188 g/mol. The van der Waals surface area contributed by atoms with Gasteiger partial charge in [0.1, 0.15) is 0 Å². The molecule has 0 amide bonds. The van der Waals surface area contributed by atoms with Crippen molar-refractivity contribution in [2.45, 2.75) is 37.9 Å². The molecule has 2 atom stereocenters. The summed E-state index contributed by atoms with van der Waals surface area (Å²) in [5, 5.41) is 9.32. The van der Waals surface area contributed by atoms with Crippen LogP contribution in [0.3, 0.4) is 0 Å². The molecule has 76 valence electrons. The molecular weight excluding hydrogens is 172 g/mol. The number of carbonyl (C=O) groups is 1. The first kappa shape index (κ1) is 10.5. The van der Waals surface area contributed by atoms with Crippen LogP contribution in [0, 0.1) is 0 Å². The normalized spacial score (nSPS) is 25.2. The fraction of sp³-hybridized carbons (Fsp3) is 0.889. The van der Waals surface area contributed by atoms with Crippen LogP contribution in [-0.2, 0) is 14.3 Å². The van der Waals surface area contributed by atoms with Crippen LogP contribution >= 0.6 is 0 Å². The minimum absolute atomic E-state index is 0.0165. The third-order valence-electron chi connectivity index (χ3n) is 2.23. The molecule has 4 nitrogen and oxygen atoms in total. The summed E-state index contributed by atoms with van der Waals surface area (Å²) in [6.07, 6.45) is 2.44. The standard InChI is InChI=1S/C9H16O4/c1-12-9(11)8(10)6-7-4-2-3-5-13-7/h7-8,10H,2-6H2,1H3. The molecule has 0 aromatic heterocycles. The first-order valence-electron chi connectivity index (χ1n) is 4.61. The lowest BCUT2D eigenvalue weighted by Crippen LogP contribution is -2.30. The van der Waals surface area contributed by atoms with E-state index in [1.54, 1.807) is 0 Å². The first-order valence-corrected chi connectivity index (χ1v) is 4.61. The van der Waals surface area contributed by atoms with Gasteiger partial charge in [0.25, 0.3) is 0 Å². The average molecular weight is 188 g/mol. The molecule has 1 saturated heterocycles. The molecule has 0 saturated carbocycles. The van der Waals surface area contributed by atoms with Gasteiger partial charge in [0.05, 0.1) is 13.2 Å². The predicted octanol–water partition coefficient (Wildman–Crippen LogP) is 0.479. The molecule has 0 aliphatic carbocycles. The SMILES string of the molecule is COC(=O)C(O)CC1CCCCO1. The van der Waals surface area contributed by atoms with Gasteiger partial charge >= 0.3 is 5.97 Å². The van der Waals surface area contributed by atoms with Crippen LogP contribution in [0.1, 0.15) is 25.7 Å². The van der Waals surface area contributed by atoms with Crippen LogP contribution in [0.5, 0.6) is 0 Å². The fourth-order valence-corrected chi connectivity index (χ4v) is 1.47. The second-order valence-corrected chi connectivity index (χ2v) is 3.26. The van der Waals surface area contributed by atoms with Crippen LogP contribution in [0.2, 0.25) is 0 Å². The Morgan fingerprint density at radius 1 is 1.69 bits per heavy atom. The Morgan fingerprint density at radius 2 is 2.46 bits per heavy atom. The number of hydrogen-bond acceptors (Lipinski definition) is 4. The Labute approximate surface area is 77.8 Å². The van der Waals surface area contributed by atoms with E-state index in [-0.39, 0.29) is 6.10 Å². The van der Waals surface area contributed by atoms with E-state index in [0.29, 0.717) is 6.42 Å². The summed E-state index contributed by atoms with van der Waals surface area (Å²) in [5.74, 6) is -0.575. The molecule has 2 unspecified atom stereocenters. The summed E-state index contributed by atoms with van der Waals surface area (Å²) >= 11 is 0. The number of carbonyl (C=O) groups excluding carboxylic acids is 1. The molecule has 0 aromatic rings. The van der Waals surface area contributed by atoms with Crippen molar-refractivity contribution < 1.29 is 19.4 Å². The van der Waals surface area contributed by atoms with Gasteiger partial charge in [-0.15, -0.1) is 0 Å². The number of esters is 1. The number of hydrogen-bond donors (Lipinski definition) is 1. The third-order valence-corrected chi connectivity index (χ3v) is 2.23. The Morgan fingerprint density at radius 3 is 3.00 bits per heavy atom. The van der Waals surface area contributed by atoms with Gasteiger partial charge in [0.2, 0.25) is 0 Å². The fourth-order valence-electron chi connectivity index (χ4n) is 1.47. The van der Waals surface area contributed by atoms with Gasteiger partial charge in [-0.2, -0.15) is 0 Å². The zero-order chi connectivity index (χ0) is 9.68. The van der Waals surface area contributed by atoms with Crippen molar-refractivity contribution in [1.82, 2.24) is 0 Å². The van der Waals surface area contributed by atoms with Crippen LogP contribution in [-0.4, -0.2) is 37.0 Å². The summed E-state index contributed by atoms with van der Waals surface area (Å²) in [6.45, 7) is 0.735. The number of methoxy groups -OCH3 is 1. The van der Waals surface area contributed by atoms with Crippen molar-refractivity contribution in [3.05, 3.63) is 0 Å². The van der Waals surface area contributed by atoms with Crippen LogP contribution in [0.15, 0.2) is 0 Å². The number of rotatable bonds is 3. The maximum atomic E-state index is 10.9. The molecule has 1 N–H and O–H groups in total. The summed E-state index contributed by atoms with van der Waals surface area (Å²) < 4.78 is 9.78. The molecule has 1 rings (SSSR count). The van der Waals surface area contributed by atoms with Crippen molar-refractivity contribution in [3.63, 3.8) is 0 Å². The van der Waals surface area contributed by atoms with Crippen molar-refractivity contribution in [2.24, 2.45) is 0 Å². The lowest BCUT2D eigenvalue weighted by molar-refractivity contribution is -0.153. The Bertz CT molecular complexity index is 163. The van der Waals surface area contributed by atoms with E-state index in [1.165, 1.54) is 7.11 Å². The highest BCUT2D eigenvalue weighted by atomic mass is 16.5. The number of aliphatic hydroxyl groups excluding tert-OH is 1. The van der Waals surface area contributed by atoms with Crippen LogP contribution < -0.4 is 0 Å². The summed E-state index contributed by atoms with van der Waals surface area (Å²) in [4.78, 5) is 10.9. The highest BCUT2D eigenvalue weighted by Crippen LogP contribution is 2.17. The molecule has 0 aromatic carbocycles. The Hall–Kier alpha value is -0.610. The maximum Gasteiger partial charge on any atom is 0.334 e. The van der Waals surface area contributed by atoms with Crippen molar-refractivity contribution >= 4 is 5.97 Å². The van der Waals surface area contributed by atoms with Gasteiger partial charge in [-0.3, -0.25) is 0 Å². The van der Waals surface area contributed by atoms with Gasteiger partial charge < -0.3 is 14.6 Å². The molecule has 1 aliphatic rings. The second-order valence-electron chi connectivity index (χ2n) is 3.26. The quantitative estimate of drug-likeness (QED) is 0.654. The highest BCUT2D eigenvalue weighted by molar-refractivity contribution is 5.74. The summed E-state index contributed by atoms with van der Waals surface area (Å²) in [6, 6.07) is 0. The predicted molar refractivity (Wildman–Crippen MR) is 46.2 cm³/mol. The summed E-state index contributed by atoms with van der Waals surface area (Å²) in [5.41, 5.74) is 0. The molecule has 0 spiro atoms. The molecule has 4 heteroatoms. The minimum atomic E-state index is -1.03. The summed E-state index contributed by atoms with van der Waals surface area (Å²) in [7, 11) is 1.27. The zero-order valence-corrected chi connectivity index (χ0v) is 7.86. The van der Waals surface area contributed by atoms with Gasteiger partial charge in [-0.1, -0.05) is 0 Å². The lowest BCUT2D eigenvalue weighted by atomic mass is 10.0. The Balaban J connectivity index is 2.25. The Kier molecular flexibility index (Phi) is 4.18. The van der Waals surface area contributed by atoms with E-state index in [1.807, 2.05) is 0 Å². The van der Waals surface area contributed by atoms with Gasteiger partial charge in [0.15, 0.2) is 6.10 Å². The largest absolute Gasteiger partial charge is 0.467 e. The van der Waals surface area contributed by atoms with E-state index in [0.717, 1.165) is 25.9 Å². The zero-order valence-electron chi connectivity index (χ0n) is 7.86. The molecule has 1 fully saturated rings. The van der Waals surface area contributed by atoms with Crippen LogP contribution in [0.25, 0.3) is 0 Å². The van der Waals surface area contributed by atoms with E-state index in [9.17, 15) is 9.90 Å². The van der Waals surface area contributed by atoms with Crippen molar-refractivity contribution in [2.75, 3.05) is 13.7 Å². The second kappa shape index (κ2) is 5.19. The topological polar surface area (TPSA) is 55.8 Å². The van der Waals surface area contributed by atoms with Crippen molar-refractivity contribution in [3.8, 4) is 0 Å².